The lowest BCUT2D eigenvalue weighted by Gasteiger charge is -2.40. The third-order valence-electron chi connectivity index (χ3n) is 6.94. The first kappa shape index (κ1) is 17.4. The standard InChI is InChI=1S/C23H28N2O/c1-16-11-14-24-17(2)22(16)21(26)15-20(18-7-5-4-6-8-18)23-12-9-19(10-13-23)25(23)3/h4-8,11,14,19-20H,9-10,12-13,15H2,1-3H3. The molecule has 1 atom stereocenters. The number of nitrogens with zero attached hydrogens (tertiary/aromatic N) is 2. The lowest BCUT2D eigenvalue weighted by molar-refractivity contribution is 0.0907. The van der Waals surface area contributed by atoms with Gasteiger partial charge >= 0.3 is 0 Å². The van der Waals surface area contributed by atoms with E-state index in [2.05, 4.69) is 47.3 Å². The Morgan fingerprint density at radius 3 is 2.46 bits per heavy atom. The van der Waals surface area contributed by atoms with Crippen LogP contribution >= 0.6 is 0 Å². The van der Waals surface area contributed by atoms with Crippen molar-refractivity contribution in [3.63, 3.8) is 0 Å². The molecule has 2 fully saturated rings. The Hall–Kier alpha value is -2.00. The fourth-order valence-corrected chi connectivity index (χ4v) is 5.51. The molecule has 0 spiro atoms. The summed E-state index contributed by atoms with van der Waals surface area (Å²) in [6.45, 7) is 3.97. The summed E-state index contributed by atoms with van der Waals surface area (Å²) < 4.78 is 0. The molecule has 0 amide bonds. The molecular weight excluding hydrogens is 320 g/mol. The van der Waals surface area contributed by atoms with Crippen molar-refractivity contribution in [3.05, 3.63) is 65.0 Å². The van der Waals surface area contributed by atoms with E-state index < -0.39 is 0 Å². The summed E-state index contributed by atoms with van der Waals surface area (Å²) in [5, 5.41) is 0. The second-order valence-electron chi connectivity index (χ2n) is 8.12. The third-order valence-corrected chi connectivity index (χ3v) is 6.94. The SMILES string of the molecule is Cc1ccnc(C)c1C(=O)CC(c1ccccc1)C12CCC(CC1)N2C. The Morgan fingerprint density at radius 2 is 1.88 bits per heavy atom. The van der Waals surface area contributed by atoms with Crippen LogP contribution in [-0.4, -0.2) is 34.3 Å². The first-order valence-corrected chi connectivity index (χ1v) is 9.76. The number of Topliss-reactive ketones (excluding diaryl/α,β-unsaturated/α-hetero) is 1. The molecule has 3 heterocycles. The van der Waals surface area contributed by atoms with Crippen molar-refractivity contribution in [1.29, 1.82) is 0 Å². The maximum atomic E-state index is 13.3. The van der Waals surface area contributed by atoms with E-state index in [9.17, 15) is 4.79 Å². The van der Waals surface area contributed by atoms with Gasteiger partial charge in [-0.2, -0.15) is 0 Å². The van der Waals surface area contributed by atoms with Crippen LogP contribution in [0.5, 0.6) is 0 Å². The Balaban J connectivity index is 1.72. The molecule has 2 aliphatic rings. The molecule has 3 heteroatoms. The zero-order chi connectivity index (χ0) is 18.3. The van der Waals surface area contributed by atoms with E-state index in [-0.39, 0.29) is 17.2 Å². The molecule has 1 unspecified atom stereocenters. The van der Waals surface area contributed by atoms with E-state index in [4.69, 9.17) is 0 Å². The molecular formula is C23H28N2O. The van der Waals surface area contributed by atoms with Crippen LogP contribution in [0, 0.1) is 13.8 Å². The molecule has 4 rings (SSSR count). The minimum absolute atomic E-state index is 0.131. The number of pyridine rings is 1. The monoisotopic (exact) mass is 348 g/mol. The van der Waals surface area contributed by atoms with Gasteiger partial charge in [0, 0.05) is 41.4 Å². The van der Waals surface area contributed by atoms with E-state index >= 15 is 0 Å². The van der Waals surface area contributed by atoms with E-state index in [0.717, 1.165) is 16.8 Å². The van der Waals surface area contributed by atoms with Gasteiger partial charge in [0.2, 0.25) is 0 Å². The quantitative estimate of drug-likeness (QED) is 0.736. The van der Waals surface area contributed by atoms with Gasteiger partial charge in [-0.25, -0.2) is 0 Å². The number of rotatable bonds is 5. The zero-order valence-corrected chi connectivity index (χ0v) is 16.0. The average molecular weight is 348 g/mol. The van der Waals surface area contributed by atoms with Crippen molar-refractivity contribution in [2.75, 3.05) is 7.05 Å². The third kappa shape index (κ3) is 2.69. The van der Waals surface area contributed by atoms with E-state index in [1.165, 1.54) is 31.2 Å². The minimum atomic E-state index is 0.131. The van der Waals surface area contributed by atoms with Gasteiger partial charge in [0.15, 0.2) is 5.78 Å². The fourth-order valence-electron chi connectivity index (χ4n) is 5.51. The van der Waals surface area contributed by atoms with Crippen LogP contribution in [0.2, 0.25) is 0 Å². The van der Waals surface area contributed by atoms with Crippen LogP contribution in [0.1, 0.15) is 65.2 Å². The molecule has 2 aliphatic heterocycles. The number of benzene rings is 1. The molecule has 0 N–H and O–H groups in total. The van der Waals surface area contributed by atoms with E-state index in [1.807, 2.05) is 19.9 Å². The number of aryl methyl sites for hydroxylation is 2. The highest BCUT2D eigenvalue weighted by Crippen LogP contribution is 2.54. The first-order valence-electron chi connectivity index (χ1n) is 9.76. The predicted octanol–water partition coefficient (Wildman–Crippen LogP) is 4.68. The maximum absolute atomic E-state index is 13.3. The molecule has 26 heavy (non-hydrogen) atoms. The largest absolute Gasteiger partial charge is 0.297 e. The summed E-state index contributed by atoms with van der Waals surface area (Å²) in [4.78, 5) is 20.3. The lowest BCUT2D eigenvalue weighted by atomic mass is 9.71. The van der Waals surface area contributed by atoms with Crippen molar-refractivity contribution in [2.45, 2.75) is 63.5 Å². The highest BCUT2D eigenvalue weighted by molar-refractivity contribution is 5.99. The molecule has 3 nitrogen and oxygen atoms in total. The second kappa shape index (κ2) is 6.62. The van der Waals surface area contributed by atoms with Crippen molar-refractivity contribution >= 4 is 5.78 Å². The number of likely N-dealkylation sites (N-methyl/N-ethyl adjacent to an activating group) is 1. The van der Waals surface area contributed by atoms with Crippen LogP contribution < -0.4 is 0 Å². The molecule has 0 aliphatic carbocycles. The molecule has 2 aromatic rings. The molecule has 2 saturated heterocycles. The van der Waals surface area contributed by atoms with Gasteiger partial charge in [-0.3, -0.25) is 14.7 Å². The van der Waals surface area contributed by atoms with Gasteiger partial charge in [0.25, 0.3) is 0 Å². The highest BCUT2D eigenvalue weighted by Gasteiger charge is 2.54. The molecule has 0 radical (unpaired) electrons. The highest BCUT2D eigenvalue weighted by atomic mass is 16.1. The van der Waals surface area contributed by atoms with E-state index in [0.29, 0.717) is 12.5 Å². The Labute approximate surface area is 156 Å². The number of carbonyl (C=O) groups is 1. The van der Waals surface area contributed by atoms with Gasteiger partial charge in [-0.1, -0.05) is 30.3 Å². The Morgan fingerprint density at radius 1 is 1.19 bits per heavy atom. The van der Waals surface area contributed by atoms with Crippen LogP contribution in [0.3, 0.4) is 0 Å². The van der Waals surface area contributed by atoms with Crippen molar-refractivity contribution in [1.82, 2.24) is 9.88 Å². The molecule has 2 bridgehead atoms. The summed E-state index contributed by atoms with van der Waals surface area (Å²) in [5.41, 5.74) is 4.14. The minimum Gasteiger partial charge on any atom is -0.297 e. The van der Waals surface area contributed by atoms with Crippen molar-refractivity contribution < 1.29 is 4.79 Å². The number of hydrogen-bond donors (Lipinski definition) is 0. The number of ketones is 1. The summed E-state index contributed by atoms with van der Waals surface area (Å²) >= 11 is 0. The lowest BCUT2D eigenvalue weighted by Crippen LogP contribution is -2.44. The molecule has 0 saturated carbocycles. The smallest absolute Gasteiger partial charge is 0.165 e. The topological polar surface area (TPSA) is 33.2 Å². The number of fused-ring (bicyclic) bond motifs is 2. The zero-order valence-electron chi connectivity index (χ0n) is 16.0. The van der Waals surface area contributed by atoms with Gasteiger partial charge in [0.1, 0.15) is 0 Å². The second-order valence-corrected chi connectivity index (χ2v) is 8.12. The van der Waals surface area contributed by atoms with Crippen LogP contribution in [0.25, 0.3) is 0 Å². The van der Waals surface area contributed by atoms with Crippen molar-refractivity contribution in [3.8, 4) is 0 Å². The summed E-state index contributed by atoms with van der Waals surface area (Å²) in [7, 11) is 2.27. The van der Waals surface area contributed by atoms with Gasteiger partial charge < -0.3 is 0 Å². The van der Waals surface area contributed by atoms with Gasteiger partial charge in [-0.15, -0.1) is 0 Å². The normalized spacial score (nSPS) is 26.2. The van der Waals surface area contributed by atoms with Crippen LogP contribution in [-0.2, 0) is 0 Å². The first-order chi connectivity index (χ1) is 12.5. The summed E-state index contributed by atoms with van der Waals surface area (Å²) in [5.74, 6) is 0.479. The fraction of sp³-hybridized carbons (Fsp3) is 0.478. The molecule has 1 aromatic carbocycles. The van der Waals surface area contributed by atoms with E-state index in [1.54, 1.807) is 6.20 Å². The van der Waals surface area contributed by atoms with Gasteiger partial charge in [-0.05, 0) is 63.8 Å². The Bertz CT molecular complexity index is 786. The van der Waals surface area contributed by atoms with Crippen LogP contribution in [0.4, 0.5) is 0 Å². The predicted molar refractivity (Wildman–Crippen MR) is 105 cm³/mol. The summed E-state index contributed by atoms with van der Waals surface area (Å²) in [6, 6.07) is 13.3. The number of hydrogen-bond acceptors (Lipinski definition) is 3. The Kier molecular flexibility index (Phi) is 4.44. The van der Waals surface area contributed by atoms with Gasteiger partial charge in [0.05, 0.1) is 0 Å². The molecule has 1 aromatic heterocycles. The van der Waals surface area contributed by atoms with Crippen LogP contribution in [0.15, 0.2) is 42.6 Å². The van der Waals surface area contributed by atoms with Crippen molar-refractivity contribution in [2.24, 2.45) is 0 Å². The summed E-state index contributed by atoms with van der Waals surface area (Å²) in [6.07, 6.45) is 7.28. The number of aromatic nitrogens is 1. The number of carbonyl (C=O) groups excluding carboxylic acids is 1. The molecule has 136 valence electrons. The maximum Gasteiger partial charge on any atom is 0.165 e. The average Bonchev–Trinajstić information content (AvgIpc) is 3.13.